The van der Waals surface area contributed by atoms with E-state index in [1.807, 2.05) is 18.2 Å². The number of ether oxygens (including phenoxy) is 2. The Morgan fingerprint density at radius 1 is 1.21 bits per heavy atom. The zero-order chi connectivity index (χ0) is 16.5. The van der Waals surface area contributed by atoms with Crippen molar-refractivity contribution >= 4 is 22.5 Å². The molecule has 1 aliphatic heterocycles. The topological polar surface area (TPSA) is 52.5 Å². The Morgan fingerprint density at radius 3 is 3.00 bits per heavy atom. The molecule has 0 radical (unpaired) electrons. The molecule has 2 aromatic carbocycles. The van der Waals surface area contributed by atoms with E-state index >= 15 is 0 Å². The van der Waals surface area contributed by atoms with Crippen molar-refractivity contribution in [3.63, 3.8) is 0 Å². The normalized spacial score (nSPS) is 12.5. The van der Waals surface area contributed by atoms with Crippen LogP contribution < -0.4 is 14.8 Å². The van der Waals surface area contributed by atoms with Crippen molar-refractivity contribution in [2.75, 3.05) is 12.1 Å². The van der Waals surface area contributed by atoms with Crippen molar-refractivity contribution in [3.05, 3.63) is 54.2 Å². The van der Waals surface area contributed by atoms with Crippen molar-refractivity contribution in [1.82, 2.24) is 4.57 Å². The van der Waals surface area contributed by atoms with Crippen LogP contribution in [0.15, 0.2) is 48.7 Å². The Kier molecular flexibility index (Phi) is 3.61. The van der Waals surface area contributed by atoms with E-state index < -0.39 is 0 Å². The quantitative estimate of drug-likeness (QED) is 0.789. The number of anilines is 1. The summed E-state index contributed by atoms with van der Waals surface area (Å²) in [5.41, 5.74) is 2.42. The molecular formula is C19H18N2O3. The smallest absolute Gasteiger partial charge is 0.259 e. The molecule has 1 N–H and O–H groups in total. The number of nitrogens with zero attached hydrogens (tertiary/aromatic N) is 1. The number of nitrogens with one attached hydrogen (secondary N) is 1. The molecule has 0 fully saturated rings. The Bertz CT molecular complexity index is 914. The van der Waals surface area contributed by atoms with Crippen molar-refractivity contribution in [3.8, 4) is 11.5 Å². The third-order valence-electron chi connectivity index (χ3n) is 4.13. The van der Waals surface area contributed by atoms with E-state index in [1.165, 1.54) is 5.52 Å². The predicted molar refractivity (Wildman–Crippen MR) is 92.7 cm³/mol. The molecule has 122 valence electrons. The van der Waals surface area contributed by atoms with E-state index in [9.17, 15) is 4.79 Å². The average Bonchev–Trinajstić information content (AvgIpc) is 3.21. The minimum Gasteiger partial charge on any atom is -0.454 e. The lowest BCUT2D eigenvalue weighted by atomic mass is 10.1. The first-order chi connectivity index (χ1) is 11.8. The molecule has 1 aliphatic rings. The molecule has 2 heterocycles. The highest BCUT2D eigenvalue weighted by atomic mass is 16.7. The van der Waals surface area contributed by atoms with Gasteiger partial charge in [-0.3, -0.25) is 4.79 Å². The lowest BCUT2D eigenvalue weighted by Crippen LogP contribution is -2.12. The highest BCUT2D eigenvalue weighted by Gasteiger charge is 2.21. The summed E-state index contributed by atoms with van der Waals surface area (Å²) < 4.78 is 12.9. The van der Waals surface area contributed by atoms with E-state index in [0.29, 0.717) is 17.1 Å². The SMILES string of the molecule is CCCn1ccc2cc(NC(=O)c3cccc4c3OCO4)ccc21. The first kappa shape index (κ1) is 14.6. The van der Waals surface area contributed by atoms with Crippen LogP contribution in [0, 0.1) is 0 Å². The first-order valence-electron chi connectivity index (χ1n) is 8.05. The summed E-state index contributed by atoms with van der Waals surface area (Å²) in [6, 6.07) is 13.3. The van der Waals surface area contributed by atoms with Crippen molar-refractivity contribution in [2.24, 2.45) is 0 Å². The molecule has 0 spiro atoms. The van der Waals surface area contributed by atoms with Crippen LogP contribution in [0.4, 0.5) is 5.69 Å². The van der Waals surface area contributed by atoms with Crippen LogP contribution in [-0.4, -0.2) is 17.3 Å². The van der Waals surface area contributed by atoms with Crippen molar-refractivity contribution in [2.45, 2.75) is 19.9 Å². The molecule has 0 saturated heterocycles. The van der Waals surface area contributed by atoms with Crippen molar-refractivity contribution in [1.29, 1.82) is 0 Å². The van der Waals surface area contributed by atoms with Crippen LogP contribution in [0.5, 0.6) is 11.5 Å². The van der Waals surface area contributed by atoms with Gasteiger partial charge in [-0.1, -0.05) is 13.0 Å². The van der Waals surface area contributed by atoms with Crippen LogP contribution in [0.25, 0.3) is 10.9 Å². The molecule has 0 unspecified atom stereocenters. The highest BCUT2D eigenvalue weighted by Crippen LogP contribution is 2.35. The molecule has 0 bridgehead atoms. The third kappa shape index (κ3) is 2.48. The van der Waals surface area contributed by atoms with Gasteiger partial charge in [-0.05, 0) is 42.8 Å². The lowest BCUT2D eigenvalue weighted by molar-refractivity contribution is 0.102. The zero-order valence-corrected chi connectivity index (χ0v) is 13.4. The number of rotatable bonds is 4. The van der Waals surface area contributed by atoms with Crippen molar-refractivity contribution < 1.29 is 14.3 Å². The Hall–Kier alpha value is -2.95. The molecule has 3 aromatic rings. The Balaban J connectivity index is 1.60. The van der Waals surface area contributed by atoms with Gasteiger partial charge in [0.05, 0.1) is 5.56 Å². The van der Waals surface area contributed by atoms with Gasteiger partial charge in [0.15, 0.2) is 11.5 Å². The number of hydrogen-bond donors (Lipinski definition) is 1. The number of carbonyl (C=O) groups is 1. The summed E-state index contributed by atoms with van der Waals surface area (Å²) in [6.45, 7) is 3.30. The number of carbonyl (C=O) groups excluding carboxylic acids is 1. The Labute approximate surface area is 139 Å². The highest BCUT2D eigenvalue weighted by molar-refractivity contribution is 6.07. The summed E-state index contributed by atoms with van der Waals surface area (Å²) in [4.78, 5) is 12.6. The number of para-hydroxylation sites is 1. The standard InChI is InChI=1S/C19H18N2O3/c1-2-9-21-10-8-13-11-14(6-7-16(13)21)20-19(22)15-4-3-5-17-18(15)24-12-23-17/h3-8,10-11H,2,9,12H2,1H3,(H,20,22). The first-order valence-corrected chi connectivity index (χ1v) is 8.05. The largest absolute Gasteiger partial charge is 0.454 e. The maximum atomic E-state index is 12.6. The summed E-state index contributed by atoms with van der Waals surface area (Å²) >= 11 is 0. The van der Waals surface area contributed by atoms with Gasteiger partial charge in [-0.15, -0.1) is 0 Å². The predicted octanol–water partition coefficient (Wildman–Crippen LogP) is 4.03. The number of fused-ring (bicyclic) bond motifs is 2. The number of benzene rings is 2. The monoisotopic (exact) mass is 322 g/mol. The van der Waals surface area contributed by atoms with Gasteiger partial charge in [0, 0.05) is 29.3 Å². The number of hydrogen-bond acceptors (Lipinski definition) is 3. The minimum atomic E-state index is -0.204. The fraction of sp³-hybridized carbons (Fsp3) is 0.211. The molecule has 1 amide bonds. The van der Waals surface area contributed by atoms with E-state index in [1.54, 1.807) is 18.2 Å². The van der Waals surface area contributed by atoms with Crippen LogP contribution in [0.3, 0.4) is 0 Å². The summed E-state index contributed by atoms with van der Waals surface area (Å²) in [5, 5.41) is 4.05. The third-order valence-corrected chi connectivity index (χ3v) is 4.13. The second-order valence-electron chi connectivity index (χ2n) is 5.78. The van der Waals surface area contributed by atoms with Gasteiger partial charge >= 0.3 is 0 Å². The lowest BCUT2D eigenvalue weighted by Gasteiger charge is -2.08. The summed E-state index contributed by atoms with van der Waals surface area (Å²) in [6.07, 6.45) is 3.17. The molecule has 0 atom stereocenters. The molecular weight excluding hydrogens is 304 g/mol. The molecule has 0 aliphatic carbocycles. The molecule has 24 heavy (non-hydrogen) atoms. The number of aryl methyl sites for hydroxylation is 1. The zero-order valence-electron chi connectivity index (χ0n) is 13.4. The second kappa shape index (κ2) is 5.92. The van der Waals surface area contributed by atoms with E-state index in [-0.39, 0.29) is 12.7 Å². The van der Waals surface area contributed by atoms with Crippen LogP contribution >= 0.6 is 0 Å². The maximum Gasteiger partial charge on any atom is 0.259 e. The number of aromatic nitrogens is 1. The van der Waals surface area contributed by atoms with Crippen LogP contribution in [0.1, 0.15) is 23.7 Å². The van der Waals surface area contributed by atoms with E-state index in [2.05, 4.69) is 29.1 Å². The minimum absolute atomic E-state index is 0.149. The maximum absolute atomic E-state index is 12.6. The fourth-order valence-corrected chi connectivity index (χ4v) is 3.02. The van der Waals surface area contributed by atoms with E-state index in [4.69, 9.17) is 9.47 Å². The second-order valence-corrected chi connectivity index (χ2v) is 5.78. The Morgan fingerprint density at radius 2 is 2.12 bits per heavy atom. The van der Waals surface area contributed by atoms with E-state index in [0.717, 1.165) is 24.0 Å². The van der Waals surface area contributed by atoms with Gasteiger partial charge in [0.25, 0.3) is 5.91 Å². The van der Waals surface area contributed by atoms with Gasteiger partial charge < -0.3 is 19.4 Å². The molecule has 4 rings (SSSR count). The van der Waals surface area contributed by atoms with Crippen LogP contribution in [-0.2, 0) is 6.54 Å². The van der Waals surface area contributed by atoms with Gasteiger partial charge in [0.2, 0.25) is 6.79 Å². The summed E-state index contributed by atoms with van der Waals surface area (Å²) in [5.74, 6) is 0.907. The average molecular weight is 322 g/mol. The van der Waals surface area contributed by atoms with Gasteiger partial charge in [-0.2, -0.15) is 0 Å². The molecule has 1 aromatic heterocycles. The van der Waals surface area contributed by atoms with Gasteiger partial charge in [0.1, 0.15) is 0 Å². The fourth-order valence-electron chi connectivity index (χ4n) is 3.02. The molecule has 5 nitrogen and oxygen atoms in total. The summed E-state index contributed by atoms with van der Waals surface area (Å²) in [7, 11) is 0. The number of amides is 1. The molecule has 5 heteroatoms. The van der Waals surface area contributed by atoms with Crippen LogP contribution in [0.2, 0.25) is 0 Å². The van der Waals surface area contributed by atoms with Gasteiger partial charge in [-0.25, -0.2) is 0 Å². The molecule has 0 saturated carbocycles.